The highest BCUT2D eigenvalue weighted by atomic mass is 32.2. The average Bonchev–Trinajstić information content (AvgIpc) is 2.49. The normalized spacial score (nSPS) is 10.7. The first-order valence-electron chi connectivity index (χ1n) is 6.31. The lowest BCUT2D eigenvalue weighted by atomic mass is 10.2. The number of sulfonamides is 1. The molecule has 0 aliphatic heterocycles. The summed E-state index contributed by atoms with van der Waals surface area (Å²) in [6, 6.07) is 14.5. The molecule has 1 N–H and O–H groups in total. The van der Waals surface area contributed by atoms with Gasteiger partial charge in [0.2, 0.25) is 0 Å². The number of nitrogens with zero attached hydrogens (tertiary/aromatic N) is 1. The van der Waals surface area contributed by atoms with Gasteiger partial charge in [0, 0.05) is 5.69 Å². The minimum atomic E-state index is -3.79. The summed E-state index contributed by atoms with van der Waals surface area (Å²) in [6.45, 7) is 2.41. The lowest BCUT2D eigenvalue weighted by Crippen LogP contribution is -2.14. The Labute approximate surface area is 123 Å². The monoisotopic (exact) mass is 302 g/mol. The molecular formula is C15H14N2O3S. The van der Waals surface area contributed by atoms with E-state index in [4.69, 9.17) is 10.00 Å². The van der Waals surface area contributed by atoms with E-state index in [0.29, 0.717) is 18.0 Å². The van der Waals surface area contributed by atoms with E-state index in [1.54, 1.807) is 36.4 Å². The number of hydrogen-bond donors (Lipinski definition) is 1. The summed E-state index contributed by atoms with van der Waals surface area (Å²) in [7, 11) is -3.79. The molecule has 6 heteroatoms. The molecule has 0 heterocycles. The van der Waals surface area contributed by atoms with Gasteiger partial charge >= 0.3 is 0 Å². The van der Waals surface area contributed by atoms with Gasteiger partial charge in [0.05, 0.1) is 12.2 Å². The number of rotatable bonds is 5. The number of benzene rings is 2. The predicted molar refractivity (Wildman–Crippen MR) is 79.6 cm³/mol. The van der Waals surface area contributed by atoms with Gasteiger partial charge in [-0.05, 0) is 43.3 Å². The number of hydrogen-bond acceptors (Lipinski definition) is 4. The molecule has 0 saturated carbocycles. The fourth-order valence-corrected chi connectivity index (χ4v) is 3.01. The third-order valence-corrected chi connectivity index (χ3v) is 4.15. The maximum Gasteiger partial charge on any atom is 0.263 e. The van der Waals surface area contributed by atoms with Crippen molar-refractivity contribution in [1.82, 2.24) is 0 Å². The van der Waals surface area contributed by atoms with Crippen molar-refractivity contribution in [3.8, 4) is 11.8 Å². The van der Waals surface area contributed by atoms with Crippen molar-refractivity contribution in [2.24, 2.45) is 0 Å². The maximum atomic E-state index is 12.3. The quantitative estimate of drug-likeness (QED) is 0.921. The van der Waals surface area contributed by atoms with Gasteiger partial charge < -0.3 is 4.74 Å². The zero-order chi connectivity index (χ0) is 15.3. The molecule has 0 amide bonds. The Bertz CT molecular complexity index is 762. The van der Waals surface area contributed by atoms with Gasteiger partial charge in [-0.1, -0.05) is 12.1 Å². The van der Waals surface area contributed by atoms with Crippen LogP contribution in [0.2, 0.25) is 0 Å². The van der Waals surface area contributed by atoms with Gasteiger partial charge in [-0.25, -0.2) is 8.42 Å². The Morgan fingerprint density at radius 2 is 1.81 bits per heavy atom. The standard InChI is InChI=1S/C15H14N2O3S/c1-2-20-14-9-7-13(8-10-14)17-21(18,19)15-6-4-3-5-12(15)11-16/h3-10,17H,2H2,1H3. The number of ether oxygens (including phenoxy) is 1. The summed E-state index contributed by atoms with van der Waals surface area (Å²) in [5, 5.41) is 8.98. The molecule has 0 aliphatic carbocycles. The van der Waals surface area contributed by atoms with Crippen molar-refractivity contribution in [1.29, 1.82) is 5.26 Å². The van der Waals surface area contributed by atoms with E-state index in [2.05, 4.69) is 4.72 Å². The van der Waals surface area contributed by atoms with Gasteiger partial charge in [0.15, 0.2) is 0 Å². The third-order valence-electron chi connectivity index (χ3n) is 2.71. The lowest BCUT2D eigenvalue weighted by molar-refractivity contribution is 0.340. The summed E-state index contributed by atoms with van der Waals surface area (Å²) in [4.78, 5) is -0.0404. The summed E-state index contributed by atoms with van der Waals surface area (Å²) in [5.41, 5.74) is 0.516. The van der Waals surface area contributed by atoms with E-state index in [1.807, 2.05) is 13.0 Å². The Morgan fingerprint density at radius 1 is 1.14 bits per heavy atom. The first kappa shape index (κ1) is 14.9. The summed E-state index contributed by atoms with van der Waals surface area (Å²) in [6.07, 6.45) is 0. The molecule has 0 atom stereocenters. The highest BCUT2D eigenvalue weighted by Gasteiger charge is 2.18. The molecule has 5 nitrogen and oxygen atoms in total. The average molecular weight is 302 g/mol. The molecule has 0 saturated heterocycles. The molecule has 0 aliphatic rings. The van der Waals surface area contributed by atoms with Crippen molar-refractivity contribution >= 4 is 15.7 Å². The summed E-state index contributed by atoms with van der Waals surface area (Å²) in [5.74, 6) is 0.665. The predicted octanol–water partition coefficient (Wildman–Crippen LogP) is 2.76. The summed E-state index contributed by atoms with van der Waals surface area (Å²) < 4.78 is 32.3. The Balaban J connectivity index is 2.27. The van der Waals surface area contributed by atoms with Crippen LogP contribution in [-0.2, 0) is 10.0 Å². The second kappa shape index (κ2) is 6.29. The second-order valence-electron chi connectivity index (χ2n) is 4.17. The molecular weight excluding hydrogens is 288 g/mol. The van der Waals surface area contributed by atoms with Crippen LogP contribution in [-0.4, -0.2) is 15.0 Å². The van der Waals surface area contributed by atoms with Gasteiger partial charge in [0.25, 0.3) is 10.0 Å². The van der Waals surface area contributed by atoms with E-state index in [9.17, 15) is 8.42 Å². The fourth-order valence-electron chi connectivity index (χ4n) is 1.79. The van der Waals surface area contributed by atoms with Crippen LogP contribution < -0.4 is 9.46 Å². The Morgan fingerprint density at radius 3 is 2.43 bits per heavy atom. The van der Waals surface area contributed by atoms with E-state index >= 15 is 0 Å². The number of nitriles is 1. The van der Waals surface area contributed by atoms with Gasteiger partial charge in [-0.2, -0.15) is 5.26 Å². The SMILES string of the molecule is CCOc1ccc(NS(=O)(=O)c2ccccc2C#N)cc1. The van der Waals surface area contributed by atoms with E-state index in [0.717, 1.165) is 0 Å². The first-order valence-corrected chi connectivity index (χ1v) is 7.80. The third kappa shape index (κ3) is 3.52. The van der Waals surface area contributed by atoms with Crippen LogP contribution in [0.3, 0.4) is 0 Å². The van der Waals surface area contributed by atoms with Crippen molar-refractivity contribution in [2.45, 2.75) is 11.8 Å². The number of nitrogens with one attached hydrogen (secondary N) is 1. The van der Waals surface area contributed by atoms with Crippen molar-refractivity contribution in [3.05, 3.63) is 54.1 Å². The maximum absolute atomic E-state index is 12.3. The molecule has 2 aromatic carbocycles. The van der Waals surface area contributed by atoms with Crippen LogP contribution in [0.15, 0.2) is 53.4 Å². The van der Waals surface area contributed by atoms with Crippen molar-refractivity contribution in [3.63, 3.8) is 0 Å². The second-order valence-corrected chi connectivity index (χ2v) is 5.82. The van der Waals surface area contributed by atoms with Crippen LogP contribution >= 0.6 is 0 Å². The molecule has 108 valence electrons. The minimum Gasteiger partial charge on any atom is -0.494 e. The van der Waals surface area contributed by atoms with Gasteiger partial charge in [0.1, 0.15) is 16.7 Å². The van der Waals surface area contributed by atoms with Crippen LogP contribution in [0.4, 0.5) is 5.69 Å². The Kier molecular flexibility index (Phi) is 4.45. The smallest absolute Gasteiger partial charge is 0.263 e. The molecule has 0 fully saturated rings. The van der Waals surface area contributed by atoms with Crippen LogP contribution in [0.5, 0.6) is 5.75 Å². The molecule has 2 rings (SSSR count). The zero-order valence-electron chi connectivity index (χ0n) is 11.4. The first-order chi connectivity index (χ1) is 10.1. The van der Waals surface area contributed by atoms with Crippen molar-refractivity contribution in [2.75, 3.05) is 11.3 Å². The van der Waals surface area contributed by atoms with Gasteiger partial charge in [-0.15, -0.1) is 0 Å². The molecule has 0 radical (unpaired) electrons. The van der Waals surface area contributed by atoms with Crippen molar-refractivity contribution < 1.29 is 13.2 Å². The highest BCUT2D eigenvalue weighted by Crippen LogP contribution is 2.21. The molecule has 0 aromatic heterocycles. The molecule has 0 spiro atoms. The molecule has 2 aromatic rings. The zero-order valence-corrected chi connectivity index (χ0v) is 12.2. The summed E-state index contributed by atoms with van der Waals surface area (Å²) >= 11 is 0. The fraction of sp³-hybridized carbons (Fsp3) is 0.133. The van der Waals surface area contributed by atoms with Crippen LogP contribution in [0.25, 0.3) is 0 Å². The minimum absolute atomic E-state index is 0.0404. The molecule has 0 bridgehead atoms. The van der Waals surface area contributed by atoms with Crippen LogP contribution in [0, 0.1) is 11.3 Å². The van der Waals surface area contributed by atoms with Gasteiger partial charge in [-0.3, -0.25) is 4.72 Å². The topological polar surface area (TPSA) is 79.2 Å². The van der Waals surface area contributed by atoms with E-state index in [-0.39, 0.29) is 10.5 Å². The largest absolute Gasteiger partial charge is 0.494 e. The molecule has 21 heavy (non-hydrogen) atoms. The van der Waals surface area contributed by atoms with E-state index in [1.165, 1.54) is 12.1 Å². The van der Waals surface area contributed by atoms with Crippen LogP contribution in [0.1, 0.15) is 12.5 Å². The highest BCUT2D eigenvalue weighted by molar-refractivity contribution is 7.92. The lowest BCUT2D eigenvalue weighted by Gasteiger charge is -2.10. The van der Waals surface area contributed by atoms with E-state index < -0.39 is 10.0 Å². The number of anilines is 1. The Hall–Kier alpha value is -2.52. The molecule has 0 unspecified atom stereocenters.